The van der Waals surface area contributed by atoms with Crippen molar-refractivity contribution < 1.29 is 42.1 Å². The molecule has 2 spiro atoms. The molecule has 0 radical (unpaired) electrons. The lowest BCUT2D eigenvalue weighted by molar-refractivity contribution is -0.177. The van der Waals surface area contributed by atoms with Gasteiger partial charge in [-0.3, -0.25) is 4.90 Å². The van der Waals surface area contributed by atoms with Gasteiger partial charge >= 0.3 is 18.4 Å². The van der Waals surface area contributed by atoms with Gasteiger partial charge in [0.15, 0.2) is 0 Å². The summed E-state index contributed by atoms with van der Waals surface area (Å²) in [5.41, 5.74) is 11.8. The molecule has 5 saturated carbocycles. The SMILES string of the molecule is CC(C)C(OC(N)=O)C1C[C@@H](C)[C@H]2C(O1)[C@H](O)[C@@]1(N)C3CCC4C(C)(C)C(OC(=O)NC5CN(CC(F)(F)F)C5)CCC45CC35CCC21C. The topological polar surface area (TPSA) is 149 Å². The van der Waals surface area contributed by atoms with E-state index in [0.29, 0.717) is 12.3 Å². The van der Waals surface area contributed by atoms with Crippen molar-refractivity contribution in [2.24, 2.45) is 62.7 Å². The highest BCUT2D eigenvalue weighted by atomic mass is 19.4. The third-order valence-electron chi connectivity index (χ3n) is 15.5. The maximum absolute atomic E-state index is 13.0. The Hall–Kier alpha value is -1.83. The first-order chi connectivity index (χ1) is 22.7. The molecule has 0 bridgehead atoms. The lowest BCUT2D eigenvalue weighted by Crippen LogP contribution is -2.70. The van der Waals surface area contributed by atoms with E-state index in [2.05, 4.69) is 33.0 Å². The van der Waals surface area contributed by atoms with Gasteiger partial charge in [0.05, 0.1) is 36.4 Å². The normalized spacial score (nSPS) is 47.8. The second-order valence-electron chi connectivity index (χ2n) is 18.4. The molecule has 9 unspecified atom stereocenters. The number of nitrogens with zero attached hydrogens (tertiary/aromatic N) is 1. The van der Waals surface area contributed by atoms with Crippen LogP contribution in [0.25, 0.3) is 0 Å². The van der Waals surface area contributed by atoms with E-state index < -0.39 is 48.8 Å². The van der Waals surface area contributed by atoms with E-state index in [1.54, 1.807) is 0 Å². The van der Waals surface area contributed by atoms with Crippen molar-refractivity contribution in [1.29, 1.82) is 0 Å². The third-order valence-corrected chi connectivity index (χ3v) is 15.5. The van der Waals surface area contributed by atoms with Gasteiger partial charge in [-0.2, -0.15) is 13.2 Å². The largest absolute Gasteiger partial charge is 0.446 e. The Labute approximate surface area is 287 Å². The van der Waals surface area contributed by atoms with E-state index in [4.69, 9.17) is 25.7 Å². The van der Waals surface area contributed by atoms with Crippen molar-refractivity contribution in [2.45, 2.75) is 141 Å². The highest BCUT2D eigenvalue weighted by molar-refractivity contribution is 5.68. The first-order valence-corrected chi connectivity index (χ1v) is 18.5. The summed E-state index contributed by atoms with van der Waals surface area (Å²) in [5, 5.41) is 15.1. The van der Waals surface area contributed by atoms with Crippen LogP contribution < -0.4 is 16.8 Å². The standard InChI is InChI=1S/C36H57F3N4O6/c1-18(2)26(49-29(40)45)21-13-19(3)25-27(47-21)28(44)36(41)23-8-7-22-31(4,5)24(9-10-33(22)16-34(23,33)12-11-32(25,36)6)48-30(46)42-20-14-43(15-20)17-35(37,38)39/h18-28,44H,7-17,41H2,1-6H3,(H2,40,45)(H,42,46)/t19-,21?,22?,23?,24?,25+,26?,27?,28+,32?,33?,34?,36+/m1/s1. The maximum Gasteiger partial charge on any atom is 0.407 e. The molecule has 2 amide bonds. The van der Waals surface area contributed by atoms with Crippen molar-refractivity contribution in [1.82, 2.24) is 10.2 Å². The van der Waals surface area contributed by atoms with Gasteiger partial charge in [-0.1, -0.05) is 41.5 Å². The Kier molecular flexibility index (Phi) is 8.23. The summed E-state index contributed by atoms with van der Waals surface area (Å²) in [7, 11) is 0. The summed E-state index contributed by atoms with van der Waals surface area (Å²) in [6, 6.07) is -0.345. The van der Waals surface area contributed by atoms with Crippen LogP contribution in [0, 0.1) is 51.2 Å². The Morgan fingerprint density at radius 3 is 2.35 bits per heavy atom. The van der Waals surface area contributed by atoms with E-state index in [9.17, 15) is 27.9 Å². The highest BCUT2D eigenvalue weighted by Crippen LogP contribution is 2.87. The predicted molar refractivity (Wildman–Crippen MR) is 174 cm³/mol. The smallest absolute Gasteiger partial charge is 0.407 e. The number of carbonyl (C=O) groups excluding carboxylic acids is 2. The van der Waals surface area contributed by atoms with Gasteiger partial charge in [0.25, 0.3) is 0 Å². The fourth-order valence-electron chi connectivity index (χ4n) is 13.5. The number of amides is 2. The number of hydrogen-bond acceptors (Lipinski definition) is 8. The zero-order chi connectivity index (χ0) is 35.7. The van der Waals surface area contributed by atoms with Gasteiger partial charge in [0, 0.05) is 18.5 Å². The minimum atomic E-state index is -4.25. The number of primary amides is 1. The molecule has 2 saturated heterocycles. The van der Waals surface area contributed by atoms with Crippen LogP contribution in [0.2, 0.25) is 0 Å². The number of alkyl halides is 3. The minimum absolute atomic E-state index is 0.00487. The average Bonchev–Trinajstić information content (AvgIpc) is 3.60. The molecule has 278 valence electrons. The molecule has 49 heavy (non-hydrogen) atoms. The van der Waals surface area contributed by atoms with Gasteiger partial charge in [-0.05, 0) is 97.2 Å². The number of aliphatic hydroxyl groups is 1. The van der Waals surface area contributed by atoms with E-state index in [-0.39, 0.29) is 76.7 Å². The summed E-state index contributed by atoms with van der Waals surface area (Å²) in [6.45, 7) is 12.2. The van der Waals surface area contributed by atoms with Crippen molar-refractivity contribution in [3.05, 3.63) is 0 Å². The van der Waals surface area contributed by atoms with E-state index in [0.717, 1.165) is 44.9 Å². The number of alkyl carbamates (subject to hydrolysis) is 1. The molecule has 6 N–H and O–H groups in total. The minimum Gasteiger partial charge on any atom is -0.446 e. The number of nitrogens with one attached hydrogen (secondary N) is 1. The van der Waals surface area contributed by atoms with Crippen molar-refractivity contribution in [3.8, 4) is 0 Å². The van der Waals surface area contributed by atoms with Crippen LogP contribution in [0.3, 0.4) is 0 Å². The Balaban J connectivity index is 1.06. The number of rotatable bonds is 6. The summed E-state index contributed by atoms with van der Waals surface area (Å²) in [5.74, 6) is 0.720. The molecule has 2 aliphatic heterocycles. The fourth-order valence-corrected chi connectivity index (χ4v) is 13.5. The molecule has 0 aromatic rings. The average molecular weight is 699 g/mol. The third kappa shape index (κ3) is 5.08. The first kappa shape index (κ1) is 35.6. The second-order valence-corrected chi connectivity index (χ2v) is 18.4. The van der Waals surface area contributed by atoms with Crippen LogP contribution in [-0.2, 0) is 14.2 Å². The molecule has 13 atom stereocenters. The number of halogens is 3. The predicted octanol–water partition coefficient (Wildman–Crippen LogP) is 4.95. The molecular weight excluding hydrogens is 641 g/mol. The highest BCUT2D eigenvalue weighted by Gasteiger charge is 2.85. The molecule has 2 heterocycles. The summed E-state index contributed by atoms with van der Waals surface area (Å²) >= 11 is 0. The lowest BCUT2D eigenvalue weighted by Gasteiger charge is -2.63. The Morgan fingerprint density at radius 2 is 1.71 bits per heavy atom. The van der Waals surface area contributed by atoms with Gasteiger partial charge in [0.2, 0.25) is 0 Å². The first-order valence-electron chi connectivity index (χ1n) is 18.5. The summed E-state index contributed by atoms with van der Waals surface area (Å²) in [4.78, 5) is 26.0. The molecule has 5 aliphatic carbocycles. The van der Waals surface area contributed by atoms with Crippen molar-refractivity contribution in [2.75, 3.05) is 19.6 Å². The van der Waals surface area contributed by atoms with Crippen LogP contribution >= 0.6 is 0 Å². The molecule has 7 rings (SSSR count). The molecule has 7 fully saturated rings. The van der Waals surface area contributed by atoms with E-state index in [1.807, 2.05) is 13.8 Å². The number of fused-ring (bicyclic) bond motifs is 4. The molecular formula is C36H57F3N4O6. The van der Waals surface area contributed by atoms with Crippen molar-refractivity contribution >= 4 is 12.2 Å². The van der Waals surface area contributed by atoms with Crippen LogP contribution in [0.5, 0.6) is 0 Å². The van der Waals surface area contributed by atoms with E-state index >= 15 is 0 Å². The number of ether oxygens (including phenoxy) is 3. The van der Waals surface area contributed by atoms with Gasteiger partial charge < -0.3 is 36.1 Å². The molecule has 0 aromatic heterocycles. The Bertz CT molecular complexity index is 1340. The van der Waals surface area contributed by atoms with Crippen LogP contribution in [0.15, 0.2) is 0 Å². The summed E-state index contributed by atoms with van der Waals surface area (Å²) < 4.78 is 56.4. The quantitative estimate of drug-likeness (QED) is 0.305. The maximum atomic E-state index is 13.0. The number of carbonyl (C=O) groups is 2. The van der Waals surface area contributed by atoms with Gasteiger partial charge in [-0.15, -0.1) is 0 Å². The summed E-state index contributed by atoms with van der Waals surface area (Å²) in [6.07, 6.45) is -0.966. The molecule has 7 aliphatic rings. The molecule has 0 aromatic carbocycles. The molecule has 10 nitrogen and oxygen atoms in total. The van der Waals surface area contributed by atoms with Crippen molar-refractivity contribution in [3.63, 3.8) is 0 Å². The number of likely N-dealkylation sites (tertiary alicyclic amines) is 1. The number of hydrogen-bond donors (Lipinski definition) is 4. The number of aliphatic hydroxyl groups excluding tert-OH is 1. The van der Waals surface area contributed by atoms with Gasteiger partial charge in [0.1, 0.15) is 12.2 Å². The second kappa shape index (κ2) is 11.3. The number of nitrogens with two attached hydrogens (primary N) is 2. The van der Waals surface area contributed by atoms with E-state index in [1.165, 1.54) is 4.90 Å². The lowest BCUT2D eigenvalue weighted by atomic mass is 9.43. The zero-order valence-corrected chi connectivity index (χ0v) is 29.9. The Morgan fingerprint density at radius 1 is 1.06 bits per heavy atom. The monoisotopic (exact) mass is 698 g/mol. The zero-order valence-electron chi connectivity index (χ0n) is 29.9. The fraction of sp³-hybridized carbons (Fsp3) is 0.944. The van der Waals surface area contributed by atoms with Crippen LogP contribution in [-0.4, -0.2) is 90.1 Å². The van der Waals surface area contributed by atoms with Crippen LogP contribution in [0.4, 0.5) is 22.8 Å². The molecule has 13 heteroatoms. The van der Waals surface area contributed by atoms with Gasteiger partial charge in [-0.25, -0.2) is 9.59 Å². The van der Waals surface area contributed by atoms with Crippen LogP contribution in [0.1, 0.15) is 92.9 Å².